The van der Waals surface area contributed by atoms with E-state index in [-0.39, 0.29) is 12.4 Å². The fraction of sp³-hybridized carbons (Fsp3) is 0.750. The number of rotatable bonds is 2. The Hall–Kier alpha value is 0.652. The molecule has 0 aromatic heterocycles. The minimum absolute atomic E-state index is 0. The van der Waals surface area contributed by atoms with Crippen LogP contribution in [0, 0.1) is 5.92 Å². The second-order valence-electron chi connectivity index (χ2n) is 3.03. The zero-order valence-electron chi connectivity index (χ0n) is 6.49. The molecular weight excluding hydrogens is 254 g/mol. The molecule has 2 unspecified atom stereocenters. The molecule has 0 saturated heterocycles. The molecule has 11 heavy (non-hydrogen) atoms. The van der Waals surface area contributed by atoms with E-state index in [9.17, 15) is 0 Å². The number of allylic oxidation sites excluding steroid dienone is 2. The van der Waals surface area contributed by atoms with Crippen molar-refractivity contribution in [1.82, 2.24) is 0 Å². The van der Waals surface area contributed by atoms with Crippen LogP contribution >= 0.6 is 12.4 Å². The Balaban J connectivity index is 0.000000605. The van der Waals surface area contributed by atoms with Gasteiger partial charge < -0.3 is 0 Å². The average molecular weight is 267 g/mol. The molecule has 2 bridgehead atoms. The molecule has 0 amide bonds. The van der Waals surface area contributed by atoms with Crippen LogP contribution in [-0.2, 0) is 21.8 Å². The fourth-order valence-corrected chi connectivity index (χ4v) is 3.67. The maximum Gasteiger partial charge on any atom is -0.147 e. The first-order valence-corrected chi connectivity index (χ1v) is 5.09. The zero-order valence-corrected chi connectivity index (χ0v) is 8.86. The van der Waals surface area contributed by atoms with Gasteiger partial charge in [-0.25, -0.2) is 0 Å². The second-order valence-corrected chi connectivity index (χ2v) is 5.53. The third kappa shape index (κ3) is 1.70. The number of hydrogen-bond acceptors (Lipinski definition) is 1. The largest absolute Gasteiger partial charge is 0.147 e. The van der Waals surface area contributed by atoms with Crippen LogP contribution in [0.2, 0.25) is 3.89 Å². The van der Waals surface area contributed by atoms with E-state index < -0.39 is 0 Å². The molecule has 3 heteroatoms. The van der Waals surface area contributed by atoms with Crippen LogP contribution in [0.5, 0.6) is 0 Å². The van der Waals surface area contributed by atoms with Gasteiger partial charge in [0.05, 0.1) is 0 Å². The van der Waals surface area contributed by atoms with E-state index in [1.54, 1.807) is 0 Å². The van der Waals surface area contributed by atoms with E-state index in [1.807, 2.05) is 7.11 Å². The van der Waals surface area contributed by atoms with Crippen LogP contribution in [0.25, 0.3) is 0 Å². The maximum atomic E-state index is 5.25. The first-order valence-electron chi connectivity index (χ1n) is 3.67. The Morgan fingerprint density at radius 1 is 1.64 bits per heavy atom. The van der Waals surface area contributed by atoms with Crippen LogP contribution in [0.1, 0.15) is 19.3 Å². The summed E-state index contributed by atoms with van der Waals surface area (Å²) in [7, 11) is 1.82. The van der Waals surface area contributed by atoms with E-state index >= 15 is 0 Å². The minimum Gasteiger partial charge on any atom is -0.147 e. The van der Waals surface area contributed by atoms with Gasteiger partial charge in [-0.15, -0.1) is 12.4 Å². The Morgan fingerprint density at radius 2 is 2.45 bits per heavy atom. The Morgan fingerprint density at radius 3 is 2.82 bits per heavy atom. The minimum atomic E-state index is 0. The van der Waals surface area contributed by atoms with Crippen LogP contribution < -0.4 is 0 Å². The van der Waals surface area contributed by atoms with Gasteiger partial charge in [0, 0.05) is 0 Å². The molecule has 1 nitrogen and oxygen atoms in total. The van der Waals surface area contributed by atoms with Crippen molar-refractivity contribution in [2.75, 3.05) is 7.11 Å². The SMILES string of the molecule is C[O][Pd][C]12C=CC(CC1)C2.Cl. The van der Waals surface area contributed by atoms with Crippen LogP contribution in [0.4, 0.5) is 0 Å². The molecule has 0 aromatic rings. The van der Waals surface area contributed by atoms with E-state index in [2.05, 4.69) is 12.2 Å². The third-order valence-corrected chi connectivity index (χ3v) is 4.27. The van der Waals surface area contributed by atoms with Gasteiger partial charge in [-0.1, -0.05) is 0 Å². The summed E-state index contributed by atoms with van der Waals surface area (Å²) in [5.41, 5.74) is 0. The molecule has 2 atom stereocenters. The van der Waals surface area contributed by atoms with Crippen LogP contribution in [0.15, 0.2) is 12.2 Å². The second kappa shape index (κ2) is 3.58. The van der Waals surface area contributed by atoms with Gasteiger partial charge in [0.2, 0.25) is 0 Å². The van der Waals surface area contributed by atoms with Gasteiger partial charge in [-0.2, -0.15) is 0 Å². The van der Waals surface area contributed by atoms with E-state index in [1.165, 1.54) is 19.3 Å². The van der Waals surface area contributed by atoms with E-state index in [0.717, 1.165) is 5.92 Å². The molecule has 1 saturated carbocycles. The molecule has 68 valence electrons. The van der Waals surface area contributed by atoms with Gasteiger partial charge >= 0.3 is 70.1 Å². The van der Waals surface area contributed by atoms with Crippen molar-refractivity contribution >= 4 is 12.4 Å². The van der Waals surface area contributed by atoms with Gasteiger partial charge in [0.15, 0.2) is 0 Å². The van der Waals surface area contributed by atoms with Crippen molar-refractivity contribution in [1.29, 1.82) is 0 Å². The smallest absolute Gasteiger partial charge is 0.147 e. The van der Waals surface area contributed by atoms with Crippen molar-refractivity contribution in [2.45, 2.75) is 23.2 Å². The van der Waals surface area contributed by atoms with E-state index in [4.69, 9.17) is 3.46 Å². The third-order valence-electron chi connectivity index (χ3n) is 2.35. The normalized spacial score (nSPS) is 39.5. The molecule has 2 rings (SSSR count). The van der Waals surface area contributed by atoms with Crippen molar-refractivity contribution in [3.8, 4) is 0 Å². The summed E-state index contributed by atoms with van der Waals surface area (Å²) in [5.74, 6) is 0.897. The molecule has 0 N–H and O–H groups in total. The van der Waals surface area contributed by atoms with Gasteiger partial charge in [-0.3, -0.25) is 0 Å². The van der Waals surface area contributed by atoms with Crippen LogP contribution in [-0.4, -0.2) is 7.11 Å². The summed E-state index contributed by atoms with van der Waals surface area (Å²) in [6.45, 7) is 0. The predicted molar refractivity (Wildman–Crippen MR) is 43.4 cm³/mol. The number of fused-ring (bicyclic) bond motifs is 2. The first kappa shape index (κ1) is 9.74. The fourth-order valence-electron chi connectivity index (χ4n) is 1.87. The van der Waals surface area contributed by atoms with Crippen molar-refractivity contribution in [3.63, 3.8) is 0 Å². The molecular formula is C8H13ClOPd. The summed E-state index contributed by atoms with van der Waals surface area (Å²) in [4.78, 5) is 0. The van der Waals surface area contributed by atoms with Crippen molar-refractivity contribution in [2.24, 2.45) is 5.92 Å². The quantitative estimate of drug-likeness (QED) is 0.552. The molecule has 0 spiro atoms. The summed E-state index contributed by atoms with van der Waals surface area (Å²) in [6.07, 6.45) is 8.91. The van der Waals surface area contributed by atoms with Crippen molar-refractivity contribution in [3.05, 3.63) is 12.2 Å². The molecule has 2 aliphatic carbocycles. The average Bonchev–Trinajstić information content (AvgIpc) is 2.46. The first-order chi connectivity index (χ1) is 4.85. The van der Waals surface area contributed by atoms with Gasteiger partial charge in [-0.05, 0) is 0 Å². The Bertz CT molecular complexity index is 171. The van der Waals surface area contributed by atoms with Crippen molar-refractivity contribution < 1.29 is 21.8 Å². The van der Waals surface area contributed by atoms with E-state index in [0.29, 0.717) is 22.2 Å². The summed E-state index contributed by atoms with van der Waals surface area (Å²) in [5, 5.41) is 0. The topological polar surface area (TPSA) is 9.23 Å². The molecule has 0 aliphatic heterocycles. The van der Waals surface area contributed by atoms with Gasteiger partial charge in [0.25, 0.3) is 0 Å². The standard InChI is InChI=1S/C7H9.CH3O.ClH.Pd/c1-2-7-4-3-6(1)5-7;1-2;;/h1-2,6H,3-5H2;1H3;1H;/q;-1;;+1. The monoisotopic (exact) mass is 266 g/mol. The molecule has 2 aliphatic rings. The molecule has 0 radical (unpaired) electrons. The number of hydrogen-bond donors (Lipinski definition) is 0. The maximum absolute atomic E-state index is 5.25. The predicted octanol–water partition coefficient (Wildman–Crippen LogP) is 2.58. The zero-order chi connectivity index (χ0) is 7.03. The van der Waals surface area contributed by atoms with Crippen LogP contribution in [0.3, 0.4) is 0 Å². The molecule has 1 fully saturated rings. The Labute approximate surface area is 82.6 Å². The summed E-state index contributed by atoms with van der Waals surface area (Å²) in [6, 6.07) is 0. The van der Waals surface area contributed by atoms with Gasteiger partial charge in [0.1, 0.15) is 0 Å². The molecule has 0 aromatic carbocycles. The Kier molecular flexibility index (Phi) is 3.17. The summed E-state index contributed by atoms with van der Waals surface area (Å²) < 4.78 is 5.75. The summed E-state index contributed by atoms with van der Waals surface area (Å²) >= 11 is 0.504. The molecule has 0 heterocycles. The number of halogens is 1.